The number of alkyl halides is 2. The van der Waals surface area contributed by atoms with Gasteiger partial charge in [0.1, 0.15) is 0 Å². The molecule has 0 spiro atoms. The Labute approximate surface area is 90.6 Å². The van der Waals surface area contributed by atoms with Gasteiger partial charge in [-0.1, -0.05) is 0 Å². The van der Waals surface area contributed by atoms with Crippen LogP contribution in [0.25, 0.3) is 0 Å². The zero-order valence-electron chi connectivity index (χ0n) is 8.47. The summed E-state index contributed by atoms with van der Waals surface area (Å²) in [7, 11) is 0. The maximum Gasteiger partial charge on any atom is 0.305 e. The summed E-state index contributed by atoms with van der Waals surface area (Å²) in [5.74, 6) is -2.20. The molecule has 94 valence electrons. The van der Waals surface area contributed by atoms with E-state index in [2.05, 4.69) is 0 Å². The first-order valence-electron chi connectivity index (χ1n) is 4.53. The number of carbonyl (C=O) groups is 2. The Morgan fingerprint density at radius 1 is 1.38 bits per heavy atom. The molecule has 0 aromatic heterocycles. The summed E-state index contributed by atoms with van der Waals surface area (Å²) in [4.78, 5) is 22.3. The van der Waals surface area contributed by atoms with E-state index in [4.69, 9.17) is 15.9 Å². The highest BCUT2D eigenvalue weighted by molar-refractivity contribution is 5.86. The first-order valence-corrected chi connectivity index (χ1v) is 4.53. The van der Waals surface area contributed by atoms with Gasteiger partial charge < -0.3 is 20.8 Å². The molecule has 0 saturated heterocycles. The molecule has 0 aliphatic rings. The zero-order chi connectivity index (χ0) is 12.7. The molecule has 0 bridgehead atoms. The molecule has 6 nitrogen and oxygen atoms in total. The molecule has 8 heteroatoms. The fourth-order valence-electron chi connectivity index (χ4n) is 1.09. The minimum atomic E-state index is -2.76. The lowest BCUT2D eigenvalue weighted by molar-refractivity contribution is -0.142. The molecule has 0 radical (unpaired) electrons. The van der Waals surface area contributed by atoms with Gasteiger partial charge in [0.05, 0.1) is 25.6 Å². The molecule has 4 N–H and O–H groups in total. The van der Waals surface area contributed by atoms with Crippen molar-refractivity contribution < 1.29 is 28.6 Å². The van der Waals surface area contributed by atoms with Crippen molar-refractivity contribution in [1.29, 1.82) is 0 Å². The minimum Gasteiger partial charge on any atom is -0.481 e. The quantitative estimate of drug-likeness (QED) is 0.522. The monoisotopic (exact) mass is 240 g/mol. The van der Waals surface area contributed by atoms with Gasteiger partial charge in [-0.05, 0) is 0 Å². The maximum absolute atomic E-state index is 12.1. The van der Waals surface area contributed by atoms with Crippen LogP contribution < -0.4 is 5.73 Å². The number of halogens is 2. The van der Waals surface area contributed by atoms with Gasteiger partial charge in [0, 0.05) is 6.54 Å². The molecule has 0 rings (SSSR count). The van der Waals surface area contributed by atoms with E-state index in [-0.39, 0.29) is 6.54 Å². The van der Waals surface area contributed by atoms with E-state index in [0.717, 1.165) is 0 Å². The first kappa shape index (κ1) is 14.7. The van der Waals surface area contributed by atoms with Crippen molar-refractivity contribution in [2.45, 2.75) is 18.9 Å². The number of aliphatic hydroxyl groups is 1. The fourth-order valence-corrected chi connectivity index (χ4v) is 1.09. The molecule has 0 aromatic rings. The highest BCUT2D eigenvalue weighted by atomic mass is 19.3. The molecule has 0 aromatic carbocycles. The van der Waals surface area contributed by atoms with Crippen molar-refractivity contribution in [3.05, 3.63) is 0 Å². The van der Waals surface area contributed by atoms with Crippen LogP contribution in [0.3, 0.4) is 0 Å². The van der Waals surface area contributed by atoms with Gasteiger partial charge in [-0.2, -0.15) is 0 Å². The van der Waals surface area contributed by atoms with Crippen LogP contribution in [-0.2, 0) is 9.59 Å². The molecule has 0 aliphatic carbocycles. The summed E-state index contributed by atoms with van der Waals surface area (Å²) in [6.45, 7) is -1.65. The second-order valence-corrected chi connectivity index (χ2v) is 3.10. The van der Waals surface area contributed by atoms with Crippen molar-refractivity contribution in [2.75, 3.05) is 19.7 Å². The minimum absolute atomic E-state index is 0.295. The number of aliphatic carboxylic acids is 1. The molecule has 1 atom stereocenters. The van der Waals surface area contributed by atoms with Gasteiger partial charge >= 0.3 is 5.97 Å². The van der Waals surface area contributed by atoms with Crippen molar-refractivity contribution >= 4 is 11.9 Å². The molecule has 0 fully saturated rings. The molecule has 16 heavy (non-hydrogen) atoms. The van der Waals surface area contributed by atoms with Crippen LogP contribution in [0, 0.1) is 0 Å². The van der Waals surface area contributed by atoms with E-state index in [9.17, 15) is 18.4 Å². The number of carbonyl (C=O) groups excluding carboxylic acids is 1. The predicted molar refractivity (Wildman–Crippen MR) is 49.9 cm³/mol. The second kappa shape index (κ2) is 7.07. The van der Waals surface area contributed by atoms with Gasteiger partial charge in [0.25, 0.3) is 6.43 Å². The van der Waals surface area contributed by atoms with Crippen molar-refractivity contribution in [3.8, 4) is 0 Å². The van der Waals surface area contributed by atoms with Crippen LogP contribution in [0.4, 0.5) is 8.78 Å². The van der Waals surface area contributed by atoms with E-state index in [0.29, 0.717) is 4.90 Å². The third-order valence-electron chi connectivity index (χ3n) is 1.75. The Bertz CT molecular complexity index is 250. The normalized spacial score (nSPS) is 12.6. The van der Waals surface area contributed by atoms with Crippen molar-refractivity contribution in [3.63, 3.8) is 0 Å². The van der Waals surface area contributed by atoms with Crippen LogP contribution in [-0.4, -0.2) is 59.2 Å². The average molecular weight is 240 g/mol. The molecule has 1 unspecified atom stereocenters. The molecule has 0 heterocycles. The predicted octanol–water partition coefficient (Wildman–Crippen LogP) is -1.13. The Morgan fingerprint density at radius 3 is 2.31 bits per heavy atom. The van der Waals surface area contributed by atoms with Gasteiger partial charge in [-0.3, -0.25) is 9.59 Å². The summed E-state index contributed by atoms with van der Waals surface area (Å²) in [5, 5.41) is 16.9. The van der Waals surface area contributed by atoms with Crippen LogP contribution in [0.2, 0.25) is 0 Å². The Balaban J connectivity index is 4.40. The summed E-state index contributed by atoms with van der Waals surface area (Å²) < 4.78 is 24.1. The fraction of sp³-hybridized carbons (Fsp3) is 0.750. The SMILES string of the molecule is NC(CC(=O)O)C(=O)N(CCO)CC(F)F. The molecular formula is C8H14F2N2O4. The third kappa shape index (κ3) is 5.56. The van der Waals surface area contributed by atoms with Gasteiger partial charge in [0.15, 0.2) is 0 Å². The number of carboxylic acid groups (broad SMARTS) is 1. The van der Waals surface area contributed by atoms with Crippen LogP contribution in [0.5, 0.6) is 0 Å². The van der Waals surface area contributed by atoms with E-state index in [1.54, 1.807) is 0 Å². The smallest absolute Gasteiger partial charge is 0.305 e. The maximum atomic E-state index is 12.1. The largest absolute Gasteiger partial charge is 0.481 e. The Morgan fingerprint density at radius 2 is 1.94 bits per heavy atom. The third-order valence-corrected chi connectivity index (χ3v) is 1.75. The summed E-state index contributed by atoms with van der Waals surface area (Å²) in [5.41, 5.74) is 5.23. The van der Waals surface area contributed by atoms with Gasteiger partial charge in [-0.25, -0.2) is 8.78 Å². The molecular weight excluding hydrogens is 226 g/mol. The molecule has 1 amide bonds. The number of aliphatic hydroxyl groups excluding tert-OH is 1. The first-order chi connectivity index (χ1) is 7.38. The van der Waals surface area contributed by atoms with Gasteiger partial charge in [-0.15, -0.1) is 0 Å². The number of nitrogens with two attached hydrogens (primary N) is 1. The number of hydrogen-bond acceptors (Lipinski definition) is 4. The summed E-state index contributed by atoms with van der Waals surface area (Å²) in [6.07, 6.45) is -3.39. The average Bonchev–Trinajstić information content (AvgIpc) is 2.14. The standard InChI is InChI=1S/C8H14F2N2O4/c9-6(10)4-12(1-2-13)8(16)5(11)3-7(14)15/h5-6,13H,1-4,11H2,(H,14,15). The zero-order valence-corrected chi connectivity index (χ0v) is 8.47. The van der Waals surface area contributed by atoms with Crippen molar-refractivity contribution in [2.24, 2.45) is 5.73 Å². The Kier molecular flexibility index (Phi) is 6.50. The van der Waals surface area contributed by atoms with E-state index >= 15 is 0 Å². The second-order valence-electron chi connectivity index (χ2n) is 3.10. The lowest BCUT2D eigenvalue weighted by Crippen LogP contribution is -2.47. The molecule has 0 aliphatic heterocycles. The number of nitrogens with zero attached hydrogens (tertiary/aromatic N) is 1. The highest BCUT2D eigenvalue weighted by Crippen LogP contribution is 2.02. The van der Waals surface area contributed by atoms with E-state index in [1.165, 1.54) is 0 Å². The van der Waals surface area contributed by atoms with E-state index < -0.39 is 43.9 Å². The number of hydrogen-bond donors (Lipinski definition) is 3. The van der Waals surface area contributed by atoms with E-state index in [1.807, 2.05) is 0 Å². The van der Waals surface area contributed by atoms with Crippen LogP contribution in [0.1, 0.15) is 6.42 Å². The summed E-state index contributed by atoms with van der Waals surface area (Å²) in [6, 6.07) is -1.37. The van der Waals surface area contributed by atoms with Crippen molar-refractivity contribution in [1.82, 2.24) is 4.90 Å². The number of rotatable bonds is 7. The molecule has 0 saturated carbocycles. The lowest BCUT2D eigenvalue weighted by atomic mass is 10.2. The number of amides is 1. The van der Waals surface area contributed by atoms with Crippen LogP contribution in [0.15, 0.2) is 0 Å². The lowest BCUT2D eigenvalue weighted by Gasteiger charge is -2.23. The Hall–Kier alpha value is -1.28. The van der Waals surface area contributed by atoms with Gasteiger partial charge in [0.2, 0.25) is 5.91 Å². The topological polar surface area (TPSA) is 104 Å². The highest BCUT2D eigenvalue weighted by Gasteiger charge is 2.24. The summed E-state index contributed by atoms with van der Waals surface area (Å²) >= 11 is 0. The number of carboxylic acids is 1. The van der Waals surface area contributed by atoms with Crippen LogP contribution >= 0.6 is 0 Å².